The fraction of sp³-hybridized carbons (Fsp3) is 0.676. The number of hydrogen-bond donors (Lipinski definition) is 0. The first-order valence-corrected chi connectivity index (χ1v) is 17.9. The van der Waals surface area contributed by atoms with Crippen LogP contribution in [0.5, 0.6) is 0 Å². The van der Waals surface area contributed by atoms with Gasteiger partial charge in [0.05, 0.1) is 6.54 Å². The Balaban J connectivity index is 0.930. The summed E-state index contributed by atoms with van der Waals surface area (Å²) >= 11 is 0. The Morgan fingerprint density at radius 2 is 1.53 bits per heavy atom. The van der Waals surface area contributed by atoms with Gasteiger partial charge in [-0.05, 0) is 94.1 Å². The number of fused-ring (bicyclic) bond motifs is 5. The smallest absolute Gasteiger partial charge is 0.229 e. The first kappa shape index (κ1) is 29.4. The summed E-state index contributed by atoms with van der Waals surface area (Å²) in [7, 11) is 0. The Morgan fingerprint density at radius 3 is 2.24 bits per heavy atom. The number of nitrogens with zero attached hydrogens (tertiary/aromatic N) is 6. The van der Waals surface area contributed by atoms with Crippen molar-refractivity contribution in [3.8, 4) is 0 Å². The first-order chi connectivity index (χ1) is 21.8. The number of carbonyl (C=O) groups excluding carboxylic acids is 2. The maximum atomic E-state index is 14.0. The van der Waals surface area contributed by atoms with Crippen molar-refractivity contribution in [1.29, 1.82) is 0 Å². The molecule has 2 saturated carbocycles. The number of piperazine rings is 1. The van der Waals surface area contributed by atoms with Crippen molar-refractivity contribution in [1.82, 2.24) is 14.9 Å². The minimum absolute atomic E-state index is 0.0394. The van der Waals surface area contributed by atoms with Gasteiger partial charge in [-0.1, -0.05) is 30.2 Å². The average Bonchev–Trinajstić information content (AvgIpc) is 3.83. The molecule has 0 spiro atoms. The third-order valence-corrected chi connectivity index (χ3v) is 12.9. The zero-order chi connectivity index (χ0) is 30.8. The second kappa shape index (κ2) is 11.4. The maximum Gasteiger partial charge on any atom is 0.229 e. The van der Waals surface area contributed by atoms with Gasteiger partial charge >= 0.3 is 0 Å². The van der Waals surface area contributed by atoms with Gasteiger partial charge in [-0.15, -0.1) is 0 Å². The highest BCUT2D eigenvalue weighted by Gasteiger charge is 2.57. The van der Waals surface area contributed by atoms with Gasteiger partial charge in [-0.3, -0.25) is 14.5 Å². The van der Waals surface area contributed by atoms with Gasteiger partial charge in [0, 0.05) is 69.8 Å². The molecule has 7 aliphatic rings. The predicted molar refractivity (Wildman–Crippen MR) is 179 cm³/mol. The minimum atomic E-state index is -0.117. The molecule has 0 amide bonds. The highest BCUT2D eigenvalue weighted by molar-refractivity contribution is 6.01. The van der Waals surface area contributed by atoms with Crippen LogP contribution >= 0.6 is 0 Å². The van der Waals surface area contributed by atoms with E-state index in [2.05, 4.69) is 51.7 Å². The molecule has 8 nitrogen and oxygen atoms in total. The van der Waals surface area contributed by atoms with Gasteiger partial charge in [0.2, 0.25) is 5.95 Å². The molecule has 0 aromatic carbocycles. The van der Waals surface area contributed by atoms with E-state index in [0.717, 1.165) is 102 Å². The topological polar surface area (TPSA) is 72.9 Å². The molecule has 0 bridgehead atoms. The standard InChI is InChI=1S/C37H50N6O2/c1-36-13-11-27(44)23-26(36)7-8-28-29-9-10-31(37(29,2)14-12-30(28)36)32(45)25-40-19-21-42(22-20-40)34-24-33(41-15-3-4-16-41)38-35(39-34)43-17-5-6-18-43/h11-13,23-24,28-29,31H,3-10,14-22,25H2,1-2H3/t28?,29-,31-,36+,37+/m1/s1. The second-order valence-electron chi connectivity index (χ2n) is 15.4. The molecule has 1 unspecified atom stereocenters. The Kier molecular flexibility index (Phi) is 7.42. The van der Waals surface area contributed by atoms with Gasteiger partial charge in [-0.25, -0.2) is 0 Å². The molecule has 8 rings (SSSR count). The van der Waals surface area contributed by atoms with E-state index in [9.17, 15) is 9.59 Å². The van der Waals surface area contributed by atoms with Crippen LogP contribution in [-0.4, -0.2) is 85.3 Å². The second-order valence-corrected chi connectivity index (χ2v) is 15.4. The number of hydrogen-bond acceptors (Lipinski definition) is 8. The van der Waals surface area contributed by atoms with Crippen LogP contribution in [0, 0.1) is 28.6 Å². The lowest BCUT2D eigenvalue weighted by Gasteiger charge is -2.52. The van der Waals surface area contributed by atoms with Gasteiger partial charge < -0.3 is 14.7 Å². The zero-order valence-corrected chi connectivity index (χ0v) is 27.3. The summed E-state index contributed by atoms with van der Waals surface area (Å²) in [5, 5.41) is 0. The molecule has 0 radical (unpaired) electrons. The van der Waals surface area contributed by atoms with Crippen molar-refractivity contribution in [2.24, 2.45) is 28.6 Å². The molecule has 3 saturated heterocycles. The molecule has 240 valence electrons. The lowest BCUT2D eigenvalue weighted by atomic mass is 9.52. The number of ketones is 2. The van der Waals surface area contributed by atoms with Crippen LogP contribution < -0.4 is 14.7 Å². The molecule has 5 atom stereocenters. The van der Waals surface area contributed by atoms with Crippen LogP contribution in [0.1, 0.15) is 71.6 Å². The van der Waals surface area contributed by atoms with E-state index in [1.807, 2.05) is 6.08 Å². The number of allylic oxidation sites excluding steroid dienone is 6. The molecular weight excluding hydrogens is 560 g/mol. The van der Waals surface area contributed by atoms with Crippen molar-refractivity contribution in [3.63, 3.8) is 0 Å². The maximum absolute atomic E-state index is 14.0. The van der Waals surface area contributed by atoms with Crippen LogP contribution in [0.15, 0.2) is 41.5 Å². The van der Waals surface area contributed by atoms with Crippen molar-refractivity contribution in [2.75, 3.05) is 73.6 Å². The number of anilines is 3. The third-order valence-electron chi connectivity index (χ3n) is 12.9. The van der Waals surface area contributed by atoms with Gasteiger partial charge in [0.15, 0.2) is 5.78 Å². The number of aromatic nitrogens is 2. The monoisotopic (exact) mass is 610 g/mol. The molecule has 4 heterocycles. The minimum Gasteiger partial charge on any atom is -0.356 e. The van der Waals surface area contributed by atoms with E-state index in [4.69, 9.17) is 9.97 Å². The Bertz CT molecular complexity index is 1410. The number of carbonyl (C=O) groups is 2. The summed E-state index contributed by atoms with van der Waals surface area (Å²) in [5.74, 6) is 4.82. The van der Waals surface area contributed by atoms with Crippen molar-refractivity contribution < 1.29 is 9.59 Å². The highest BCUT2D eigenvalue weighted by atomic mass is 16.1. The molecule has 1 aromatic rings. The Labute approximate surface area is 268 Å². The van der Waals surface area contributed by atoms with Crippen LogP contribution in [0.25, 0.3) is 0 Å². The molecule has 5 fully saturated rings. The fourth-order valence-electron chi connectivity index (χ4n) is 10.3. The zero-order valence-electron chi connectivity index (χ0n) is 27.3. The van der Waals surface area contributed by atoms with E-state index in [-0.39, 0.29) is 22.5 Å². The van der Waals surface area contributed by atoms with Crippen LogP contribution in [0.3, 0.4) is 0 Å². The molecule has 0 N–H and O–H groups in total. The highest BCUT2D eigenvalue weighted by Crippen LogP contribution is 2.64. The van der Waals surface area contributed by atoms with Crippen LogP contribution in [0.4, 0.5) is 17.6 Å². The van der Waals surface area contributed by atoms with E-state index < -0.39 is 0 Å². The Morgan fingerprint density at radius 1 is 0.867 bits per heavy atom. The lowest BCUT2D eigenvalue weighted by molar-refractivity contribution is -0.128. The van der Waals surface area contributed by atoms with Gasteiger partial charge in [-0.2, -0.15) is 9.97 Å². The summed E-state index contributed by atoms with van der Waals surface area (Å²) in [6, 6.07) is 2.21. The SMILES string of the molecule is C[C@]12C=CC(=O)C=C1CCC1C2=CC[C@]2(C)[C@@H](C(=O)CN3CCN(c4cc(N5CCCC5)nc(N5CCCC5)n4)CC3)CC[C@H]12. The summed E-state index contributed by atoms with van der Waals surface area (Å²) in [6.45, 7) is 13.1. The third kappa shape index (κ3) is 5.06. The molecule has 4 aliphatic carbocycles. The predicted octanol–water partition coefficient (Wildman–Crippen LogP) is 5.21. The summed E-state index contributed by atoms with van der Waals surface area (Å²) in [6.07, 6.45) is 18.4. The first-order valence-electron chi connectivity index (χ1n) is 17.9. The number of rotatable bonds is 6. The molecule has 3 aliphatic heterocycles. The fourth-order valence-corrected chi connectivity index (χ4v) is 10.3. The number of Topliss-reactive ketones (excluding diaryl/α,β-unsaturated/α-hetero) is 1. The van der Waals surface area contributed by atoms with Gasteiger partial charge in [0.1, 0.15) is 17.4 Å². The lowest BCUT2D eigenvalue weighted by Crippen LogP contribution is -2.50. The normalized spacial score (nSPS) is 34.8. The molecule has 45 heavy (non-hydrogen) atoms. The quantitative estimate of drug-likeness (QED) is 0.407. The Hall–Kier alpha value is -3.00. The average molecular weight is 611 g/mol. The summed E-state index contributed by atoms with van der Waals surface area (Å²) in [4.78, 5) is 45.8. The van der Waals surface area contributed by atoms with E-state index in [1.54, 1.807) is 6.08 Å². The van der Waals surface area contributed by atoms with E-state index in [1.165, 1.54) is 36.8 Å². The molecular formula is C37H50N6O2. The molecule has 8 heteroatoms. The van der Waals surface area contributed by atoms with E-state index in [0.29, 0.717) is 24.2 Å². The molecule has 1 aromatic heterocycles. The summed E-state index contributed by atoms with van der Waals surface area (Å²) < 4.78 is 0. The van der Waals surface area contributed by atoms with Crippen molar-refractivity contribution in [3.05, 3.63) is 41.5 Å². The van der Waals surface area contributed by atoms with Crippen LogP contribution in [0.2, 0.25) is 0 Å². The van der Waals surface area contributed by atoms with Crippen molar-refractivity contribution >= 4 is 29.2 Å². The van der Waals surface area contributed by atoms with E-state index >= 15 is 0 Å². The van der Waals surface area contributed by atoms with Crippen molar-refractivity contribution in [2.45, 2.75) is 71.6 Å². The van der Waals surface area contributed by atoms with Gasteiger partial charge in [0.25, 0.3) is 0 Å². The summed E-state index contributed by atoms with van der Waals surface area (Å²) in [5.41, 5.74) is 2.72. The van der Waals surface area contributed by atoms with Crippen LogP contribution in [-0.2, 0) is 9.59 Å². The largest absolute Gasteiger partial charge is 0.356 e.